The number of hydrogen-bond donors (Lipinski definition) is 1. The average molecular weight is 491 g/mol. The number of sulfone groups is 1. The zero-order chi connectivity index (χ0) is 24.7. The molecule has 184 valence electrons. The number of amides is 1. The molecule has 3 aromatic carbocycles. The number of rotatable bonds is 9. The highest BCUT2D eigenvalue weighted by Crippen LogP contribution is 2.28. The summed E-state index contributed by atoms with van der Waals surface area (Å²) in [7, 11) is -3.28. The molecule has 1 amide bonds. The maximum Gasteiger partial charge on any atom is 0.224 e. The molecular weight excluding hydrogens is 456 g/mol. The van der Waals surface area contributed by atoms with E-state index in [1.807, 2.05) is 0 Å². The Labute approximate surface area is 209 Å². The molecule has 1 aliphatic rings. The van der Waals surface area contributed by atoms with Gasteiger partial charge in [0.15, 0.2) is 9.84 Å². The van der Waals surface area contributed by atoms with Crippen LogP contribution in [0, 0.1) is 0 Å². The van der Waals surface area contributed by atoms with E-state index in [1.54, 1.807) is 24.3 Å². The number of benzene rings is 3. The van der Waals surface area contributed by atoms with Crippen molar-refractivity contribution in [3.8, 4) is 0 Å². The van der Waals surface area contributed by atoms with E-state index >= 15 is 0 Å². The molecule has 1 N–H and O–H groups in total. The Bertz CT molecular complexity index is 1170. The molecule has 5 nitrogen and oxygen atoms in total. The molecule has 0 unspecified atom stereocenters. The minimum atomic E-state index is -3.28. The van der Waals surface area contributed by atoms with Gasteiger partial charge in [0.1, 0.15) is 0 Å². The van der Waals surface area contributed by atoms with Gasteiger partial charge >= 0.3 is 0 Å². The third kappa shape index (κ3) is 7.26. The summed E-state index contributed by atoms with van der Waals surface area (Å²) in [6.45, 7) is 2.95. The van der Waals surface area contributed by atoms with Crippen LogP contribution in [0.2, 0.25) is 0 Å². The fourth-order valence-electron chi connectivity index (χ4n) is 4.86. The molecule has 0 aliphatic carbocycles. The lowest BCUT2D eigenvalue weighted by Gasteiger charge is -2.33. The highest BCUT2D eigenvalue weighted by molar-refractivity contribution is 7.90. The van der Waals surface area contributed by atoms with E-state index in [1.165, 1.54) is 17.4 Å². The average Bonchev–Trinajstić information content (AvgIpc) is 2.86. The lowest BCUT2D eigenvalue weighted by atomic mass is 9.88. The molecule has 6 heteroatoms. The Morgan fingerprint density at radius 2 is 1.51 bits per heavy atom. The van der Waals surface area contributed by atoms with Crippen LogP contribution in [0.25, 0.3) is 0 Å². The van der Waals surface area contributed by atoms with Crippen LogP contribution in [0.1, 0.15) is 41.9 Å². The highest BCUT2D eigenvalue weighted by Gasteiger charge is 2.22. The van der Waals surface area contributed by atoms with Crippen LogP contribution < -0.4 is 5.32 Å². The summed E-state index contributed by atoms with van der Waals surface area (Å²) in [5.74, 6) is 0.319. The topological polar surface area (TPSA) is 66.5 Å². The van der Waals surface area contributed by atoms with Crippen LogP contribution in [0.15, 0.2) is 89.8 Å². The summed E-state index contributed by atoms with van der Waals surface area (Å²) >= 11 is 0. The number of piperidine rings is 1. The first-order chi connectivity index (χ1) is 16.9. The van der Waals surface area contributed by atoms with Crippen molar-refractivity contribution in [3.05, 3.63) is 102 Å². The van der Waals surface area contributed by atoms with E-state index < -0.39 is 9.84 Å². The fourth-order valence-corrected chi connectivity index (χ4v) is 5.55. The number of nitrogens with zero attached hydrogens (tertiary/aromatic N) is 1. The highest BCUT2D eigenvalue weighted by atomic mass is 32.2. The molecule has 0 radical (unpaired) electrons. The Hall–Kier alpha value is -2.96. The van der Waals surface area contributed by atoms with E-state index in [0.717, 1.165) is 44.5 Å². The molecule has 1 saturated heterocycles. The van der Waals surface area contributed by atoms with Gasteiger partial charge in [-0.2, -0.15) is 0 Å². The van der Waals surface area contributed by atoms with E-state index in [9.17, 15) is 13.2 Å². The summed E-state index contributed by atoms with van der Waals surface area (Å²) in [6.07, 6.45) is 4.29. The second-order valence-corrected chi connectivity index (χ2v) is 11.5. The summed E-state index contributed by atoms with van der Waals surface area (Å²) in [5.41, 5.74) is 3.41. The lowest BCUT2D eigenvalue weighted by Crippen LogP contribution is -2.45. The molecule has 1 fully saturated rings. The zero-order valence-electron chi connectivity index (χ0n) is 20.3. The van der Waals surface area contributed by atoms with Crippen molar-refractivity contribution in [2.24, 2.45) is 0 Å². The SMILES string of the molecule is CS(=O)(=O)c1cccc(CC(=O)NC2CCN(CCC(c3ccccc3)c3ccccc3)CC2)c1. The molecule has 0 saturated carbocycles. The summed E-state index contributed by atoms with van der Waals surface area (Å²) in [6, 6.07) is 28.2. The fraction of sp³-hybridized carbons (Fsp3) is 0.345. The van der Waals surface area contributed by atoms with Crippen molar-refractivity contribution in [2.75, 3.05) is 25.9 Å². The minimum absolute atomic E-state index is 0.0534. The molecule has 1 heterocycles. The van der Waals surface area contributed by atoms with Crippen molar-refractivity contribution in [2.45, 2.75) is 42.5 Å². The first-order valence-electron chi connectivity index (χ1n) is 12.3. The van der Waals surface area contributed by atoms with Gasteiger partial charge < -0.3 is 10.2 Å². The number of hydrogen-bond acceptors (Lipinski definition) is 4. The summed E-state index contributed by atoms with van der Waals surface area (Å²) < 4.78 is 23.5. The van der Waals surface area contributed by atoms with Gasteiger partial charge in [-0.15, -0.1) is 0 Å². The van der Waals surface area contributed by atoms with E-state index in [4.69, 9.17) is 0 Å². The Morgan fingerprint density at radius 3 is 2.09 bits per heavy atom. The van der Waals surface area contributed by atoms with E-state index in [0.29, 0.717) is 5.92 Å². The molecule has 1 aliphatic heterocycles. The predicted octanol–water partition coefficient (Wildman–Crippen LogP) is 4.44. The Morgan fingerprint density at radius 1 is 0.914 bits per heavy atom. The Balaban J connectivity index is 1.27. The first-order valence-corrected chi connectivity index (χ1v) is 14.2. The molecule has 0 atom stereocenters. The molecule has 4 rings (SSSR count). The van der Waals surface area contributed by atoms with Crippen LogP contribution in [0.5, 0.6) is 0 Å². The summed E-state index contributed by atoms with van der Waals surface area (Å²) in [5, 5.41) is 3.15. The van der Waals surface area contributed by atoms with Crippen molar-refractivity contribution in [1.29, 1.82) is 0 Å². The van der Waals surface area contributed by atoms with Crippen LogP contribution in [0.4, 0.5) is 0 Å². The quantitative estimate of drug-likeness (QED) is 0.482. The van der Waals surface area contributed by atoms with E-state index in [-0.39, 0.29) is 23.3 Å². The van der Waals surface area contributed by atoms with Crippen molar-refractivity contribution in [1.82, 2.24) is 10.2 Å². The molecule has 0 spiro atoms. The van der Waals surface area contributed by atoms with Gasteiger partial charge in [0, 0.05) is 31.3 Å². The Kier molecular flexibility index (Phi) is 8.37. The van der Waals surface area contributed by atoms with Gasteiger partial charge in [-0.1, -0.05) is 72.8 Å². The van der Waals surface area contributed by atoms with Crippen molar-refractivity contribution < 1.29 is 13.2 Å². The van der Waals surface area contributed by atoms with Gasteiger partial charge in [-0.25, -0.2) is 8.42 Å². The van der Waals surface area contributed by atoms with Crippen LogP contribution >= 0.6 is 0 Å². The second kappa shape index (κ2) is 11.6. The number of nitrogens with one attached hydrogen (secondary N) is 1. The molecule has 0 bridgehead atoms. The van der Waals surface area contributed by atoms with Gasteiger partial charge in [0.05, 0.1) is 11.3 Å². The molecule has 35 heavy (non-hydrogen) atoms. The maximum atomic E-state index is 12.6. The number of likely N-dealkylation sites (tertiary alicyclic amines) is 1. The van der Waals surface area contributed by atoms with Gasteiger partial charge in [-0.3, -0.25) is 4.79 Å². The lowest BCUT2D eigenvalue weighted by molar-refractivity contribution is -0.121. The van der Waals surface area contributed by atoms with Crippen molar-refractivity contribution >= 4 is 15.7 Å². The van der Waals surface area contributed by atoms with Crippen LogP contribution in [-0.2, 0) is 21.1 Å². The van der Waals surface area contributed by atoms with Gasteiger partial charge in [0.25, 0.3) is 0 Å². The molecular formula is C29H34N2O3S. The molecule has 3 aromatic rings. The largest absolute Gasteiger partial charge is 0.353 e. The normalized spacial score (nSPS) is 15.3. The van der Waals surface area contributed by atoms with Crippen LogP contribution in [0.3, 0.4) is 0 Å². The van der Waals surface area contributed by atoms with Crippen LogP contribution in [-0.4, -0.2) is 51.2 Å². The standard InChI is InChI=1S/C29H34N2O3S/c1-35(33,34)27-14-8-9-23(21-27)22-29(32)30-26-15-18-31(19-16-26)20-17-28(24-10-4-2-5-11-24)25-12-6-3-7-13-25/h2-14,21,26,28H,15-20,22H2,1H3,(H,30,32). The van der Waals surface area contributed by atoms with E-state index in [2.05, 4.69) is 70.9 Å². The first kappa shape index (κ1) is 25.1. The maximum absolute atomic E-state index is 12.6. The molecule has 0 aromatic heterocycles. The minimum Gasteiger partial charge on any atom is -0.353 e. The number of carbonyl (C=O) groups excluding carboxylic acids is 1. The number of carbonyl (C=O) groups is 1. The van der Waals surface area contributed by atoms with Gasteiger partial charge in [-0.05, 0) is 54.6 Å². The summed E-state index contributed by atoms with van der Waals surface area (Å²) in [4.78, 5) is 15.3. The predicted molar refractivity (Wildman–Crippen MR) is 140 cm³/mol. The smallest absolute Gasteiger partial charge is 0.224 e. The van der Waals surface area contributed by atoms with Gasteiger partial charge in [0.2, 0.25) is 5.91 Å². The monoisotopic (exact) mass is 490 g/mol. The third-order valence-corrected chi connectivity index (χ3v) is 7.89. The third-order valence-electron chi connectivity index (χ3n) is 6.78. The zero-order valence-corrected chi connectivity index (χ0v) is 21.1. The second-order valence-electron chi connectivity index (χ2n) is 9.44. The van der Waals surface area contributed by atoms with Crippen molar-refractivity contribution in [3.63, 3.8) is 0 Å².